The number of halogens is 1. The molecular weight excluding hydrogens is 218 g/mol. The number of hydrogen-bond donors (Lipinski definition) is 4. The average molecular weight is 232 g/mol. The van der Waals surface area contributed by atoms with Gasteiger partial charge in [-0.3, -0.25) is 4.79 Å². The molecule has 0 aliphatic carbocycles. The van der Waals surface area contributed by atoms with Gasteiger partial charge in [0.05, 0.1) is 0 Å². The van der Waals surface area contributed by atoms with Crippen LogP contribution in [0.3, 0.4) is 0 Å². The van der Waals surface area contributed by atoms with E-state index < -0.39 is 12.0 Å². The number of nitrogen functional groups attached to an aromatic ring is 2. The van der Waals surface area contributed by atoms with Gasteiger partial charge in [0.2, 0.25) is 0 Å². The number of anilines is 2. The quantitative estimate of drug-likeness (QED) is 0.556. The fourth-order valence-electron chi connectivity index (χ4n) is 1.20. The molecule has 7 N–H and O–H groups in total. The summed E-state index contributed by atoms with van der Waals surface area (Å²) >= 11 is 0. The van der Waals surface area contributed by atoms with Gasteiger partial charge in [-0.25, -0.2) is 0 Å². The zero-order valence-corrected chi connectivity index (χ0v) is 8.83. The van der Waals surface area contributed by atoms with Crippen molar-refractivity contribution in [2.75, 3.05) is 11.5 Å². The Bertz CT molecular complexity index is 337. The fourth-order valence-corrected chi connectivity index (χ4v) is 1.20. The highest BCUT2D eigenvalue weighted by molar-refractivity contribution is 5.85. The summed E-state index contributed by atoms with van der Waals surface area (Å²) in [5.41, 5.74) is 18.2. The molecule has 0 radical (unpaired) electrons. The number of nitrogens with two attached hydrogens (primary N) is 3. The van der Waals surface area contributed by atoms with Crippen LogP contribution in [0, 0.1) is 0 Å². The van der Waals surface area contributed by atoms with Crippen molar-refractivity contribution in [1.29, 1.82) is 0 Å². The van der Waals surface area contributed by atoms with Gasteiger partial charge in [-0.2, -0.15) is 0 Å². The second-order valence-electron chi connectivity index (χ2n) is 3.16. The van der Waals surface area contributed by atoms with Crippen molar-refractivity contribution in [1.82, 2.24) is 0 Å². The summed E-state index contributed by atoms with van der Waals surface area (Å²) < 4.78 is 0. The third kappa shape index (κ3) is 4.05. The normalized spacial score (nSPS) is 11.5. The zero-order chi connectivity index (χ0) is 10.7. The molecule has 1 rings (SSSR count). The maximum Gasteiger partial charge on any atom is 0.320 e. The summed E-state index contributed by atoms with van der Waals surface area (Å²) in [6, 6.07) is 4.02. The molecule has 0 aromatic heterocycles. The molecule has 15 heavy (non-hydrogen) atoms. The Morgan fingerprint density at radius 1 is 1.27 bits per heavy atom. The van der Waals surface area contributed by atoms with Crippen LogP contribution in [-0.4, -0.2) is 17.1 Å². The Morgan fingerprint density at radius 2 is 1.73 bits per heavy atom. The lowest BCUT2D eigenvalue weighted by Crippen LogP contribution is -2.32. The maximum atomic E-state index is 10.5. The summed E-state index contributed by atoms with van der Waals surface area (Å²) in [5, 5.41) is 8.59. The number of hydrogen-bond acceptors (Lipinski definition) is 4. The molecule has 1 unspecified atom stereocenters. The first-order valence-corrected chi connectivity index (χ1v) is 4.12. The minimum atomic E-state index is -1.04. The number of benzene rings is 1. The van der Waals surface area contributed by atoms with Crippen LogP contribution in [0.15, 0.2) is 18.2 Å². The molecular formula is C9H14ClN3O2. The first-order chi connectivity index (χ1) is 6.49. The van der Waals surface area contributed by atoms with Gasteiger partial charge >= 0.3 is 5.97 Å². The molecule has 0 aliphatic rings. The van der Waals surface area contributed by atoms with Crippen molar-refractivity contribution < 1.29 is 9.90 Å². The van der Waals surface area contributed by atoms with Crippen LogP contribution in [0.25, 0.3) is 0 Å². The van der Waals surface area contributed by atoms with Crippen LogP contribution in [0.1, 0.15) is 5.56 Å². The molecule has 0 bridgehead atoms. The zero-order valence-electron chi connectivity index (χ0n) is 8.01. The van der Waals surface area contributed by atoms with Gasteiger partial charge in [0.15, 0.2) is 0 Å². The van der Waals surface area contributed by atoms with E-state index in [2.05, 4.69) is 0 Å². The smallest absolute Gasteiger partial charge is 0.320 e. The second-order valence-corrected chi connectivity index (χ2v) is 3.16. The van der Waals surface area contributed by atoms with E-state index in [1.807, 2.05) is 0 Å². The molecule has 0 saturated carbocycles. The lowest BCUT2D eigenvalue weighted by Gasteiger charge is -2.07. The largest absolute Gasteiger partial charge is 0.480 e. The van der Waals surface area contributed by atoms with E-state index in [0.717, 1.165) is 5.56 Å². The molecule has 6 heteroatoms. The van der Waals surface area contributed by atoms with E-state index in [1.165, 1.54) is 0 Å². The Labute approximate surface area is 93.7 Å². The standard InChI is InChI=1S/C9H13N3O2.ClH/c10-6-1-5(2-7(11)4-6)3-8(12)9(13)14;/h1-2,4,8H,3,10-12H2,(H,13,14);1H. The van der Waals surface area contributed by atoms with Gasteiger partial charge in [-0.1, -0.05) is 0 Å². The summed E-state index contributed by atoms with van der Waals surface area (Å²) in [6.07, 6.45) is 0.227. The fraction of sp³-hybridized carbons (Fsp3) is 0.222. The molecule has 0 heterocycles. The van der Waals surface area contributed by atoms with Crippen LogP contribution in [0.4, 0.5) is 11.4 Å². The predicted octanol–water partition coefficient (Wildman–Crippen LogP) is 0.227. The molecule has 1 atom stereocenters. The number of carbonyl (C=O) groups is 1. The molecule has 0 fully saturated rings. The molecule has 5 nitrogen and oxygen atoms in total. The number of carboxylic acids is 1. The summed E-state index contributed by atoms with van der Waals surface area (Å²) in [4.78, 5) is 10.5. The van der Waals surface area contributed by atoms with E-state index in [1.54, 1.807) is 18.2 Å². The van der Waals surface area contributed by atoms with Gasteiger partial charge in [-0.05, 0) is 30.2 Å². The average Bonchev–Trinajstić information content (AvgIpc) is 2.01. The number of aliphatic carboxylic acids is 1. The predicted molar refractivity (Wildman–Crippen MR) is 61.8 cm³/mol. The van der Waals surface area contributed by atoms with E-state index in [9.17, 15) is 4.79 Å². The van der Waals surface area contributed by atoms with Crippen molar-refractivity contribution in [3.63, 3.8) is 0 Å². The van der Waals surface area contributed by atoms with Crippen molar-refractivity contribution in [3.05, 3.63) is 23.8 Å². The van der Waals surface area contributed by atoms with Gasteiger partial charge < -0.3 is 22.3 Å². The summed E-state index contributed by atoms with van der Waals surface area (Å²) in [6.45, 7) is 0. The van der Waals surface area contributed by atoms with Crippen LogP contribution in [0.5, 0.6) is 0 Å². The Balaban J connectivity index is 0.00000196. The molecule has 0 aliphatic heterocycles. The molecule has 0 amide bonds. The van der Waals surface area contributed by atoms with Crippen LogP contribution >= 0.6 is 12.4 Å². The highest BCUT2D eigenvalue weighted by Crippen LogP contribution is 2.14. The number of carboxylic acid groups (broad SMARTS) is 1. The SMILES string of the molecule is Cl.Nc1cc(N)cc(CC(N)C(=O)O)c1. The summed E-state index contributed by atoms with van der Waals surface area (Å²) in [7, 11) is 0. The topological polar surface area (TPSA) is 115 Å². The van der Waals surface area contributed by atoms with E-state index in [-0.39, 0.29) is 18.8 Å². The third-order valence-electron chi connectivity index (χ3n) is 1.81. The van der Waals surface area contributed by atoms with Crippen LogP contribution in [-0.2, 0) is 11.2 Å². The van der Waals surface area contributed by atoms with Crippen molar-refractivity contribution >= 4 is 29.8 Å². The first-order valence-electron chi connectivity index (χ1n) is 4.12. The summed E-state index contributed by atoms with van der Waals surface area (Å²) in [5.74, 6) is -1.04. The molecule has 1 aromatic rings. The second kappa shape index (κ2) is 5.43. The maximum absolute atomic E-state index is 10.5. The van der Waals surface area contributed by atoms with Crippen molar-refractivity contribution in [3.8, 4) is 0 Å². The van der Waals surface area contributed by atoms with Crippen molar-refractivity contribution in [2.45, 2.75) is 12.5 Å². The minimum Gasteiger partial charge on any atom is -0.480 e. The first kappa shape index (κ1) is 13.5. The van der Waals surface area contributed by atoms with E-state index in [0.29, 0.717) is 11.4 Å². The highest BCUT2D eigenvalue weighted by atomic mass is 35.5. The Kier molecular flexibility index (Phi) is 4.90. The lowest BCUT2D eigenvalue weighted by molar-refractivity contribution is -0.138. The van der Waals surface area contributed by atoms with Gasteiger partial charge in [0, 0.05) is 11.4 Å². The highest BCUT2D eigenvalue weighted by Gasteiger charge is 2.12. The van der Waals surface area contributed by atoms with Gasteiger partial charge in [0.1, 0.15) is 6.04 Å². The minimum absolute atomic E-state index is 0. The Morgan fingerprint density at radius 3 is 2.13 bits per heavy atom. The monoisotopic (exact) mass is 231 g/mol. The van der Waals surface area contributed by atoms with Gasteiger partial charge in [0.25, 0.3) is 0 Å². The molecule has 0 spiro atoms. The van der Waals surface area contributed by atoms with Crippen LogP contribution < -0.4 is 17.2 Å². The lowest BCUT2D eigenvalue weighted by atomic mass is 10.1. The molecule has 1 aromatic carbocycles. The van der Waals surface area contributed by atoms with E-state index in [4.69, 9.17) is 22.3 Å². The van der Waals surface area contributed by atoms with E-state index >= 15 is 0 Å². The molecule has 84 valence electrons. The van der Waals surface area contributed by atoms with Crippen LogP contribution in [0.2, 0.25) is 0 Å². The molecule has 0 saturated heterocycles. The Hall–Kier alpha value is -1.46. The van der Waals surface area contributed by atoms with Crippen molar-refractivity contribution in [2.24, 2.45) is 5.73 Å². The number of rotatable bonds is 3. The third-order valence-corrected chi connectivity index (χ3v) is 1.81. The van der Waals surface area contributed by atoms with Gasteiger partial charge in [-0.15, -0.1) is 12.4 Å².